The first-order valence-electron chi connectivity index (χ1n) is 6.45. The zero-order chi connectivity index (χ0) is 12.1. The van der Waals surface area contributed by atoms with Gasteiger partial charge in [0.1, 0.15) is 0 Å². The fourth-order valence-electron chi connectivity index (χ4n) is 1.79. The van der Waals surface area contributed by atoms with Crippen LogP contribution < -0.4 is 10.6 Å². The van der Waals surface area contributed by atoms with E-state index in [1.165, 1.54) is 34.9 Å². The summed E-state index contributed by atoms with van der Waals surface area (Å²) in [6.07, 6.45) is 3.97. The van der Waals surface area contributed by atoms with Gasteiger partial charge in [0.15, 0.2) is 0 Å². The van der Waals surface area contributed by atoms with Crippen molar-refractivity contribution in [2.75, 3.05) is 13.1 Å². The number of hydrogen-bond acceptors (Lipinski definition) is 2. The van der Waals surface area contributed by atoms with Gasteiger partial charge in [-0.3, -0.25) is 0 Å². The minimum Gasteiger partial charge on any atom is -0.314 e. The molecule has 0 atom stereocenters. The number of benzene rings is 1. The van der Waals surface area contributed by atoms with Crippen molar-refractivity contribution in [3.8, 4) is 0 Å². The third kappa shape index (κ3) is 4.78. The molecular formula is C14H21BrN2. The van der Waals surface area contributed by atoms with Crippen LogP contribution in [-0.2, 0) is 6.54 Å². The normalized spacial score (nSPS) is 15.2. The maximum Gasteiger partial charge on any atom is 0.0207 e. The van der Waals surface area contributed by atoms with Crippen molar-refractivity contribution in [3.05, 3.63) is 33.8 Å². The summed E-state index contributed by atoms with van der Waals surface area (Å²) in [4.78, 5) is 0. The molecule has 17 heavy (non-hydrogen) atoms. The molecule has 0 aromatic heterocycles. The highest BCUT2D eigenvalue weighted by molar-refractivity contribution is 9.10. The third-order valence-electron chi connectivity index (χ3n) is 3.11. The third-order valence-corrected chi connectivity index (χ3v) is 3.96. The van der Waals surface area contributed by atoms with Gasteiger partial charge in [-0.05, 0) is 56.5 Å². The van der Waals surface area contributed by atoms with E-state index in [4.69, 9.17) is 0 Å². The maximum atomic E-state index is 3.56. The Morgan fingerprint density at radius 1 is 1.29 bits per heavy atom. The van der Waals surface area contributed by atoms with Gasteiger partial charge in [0.25, 0.3) is 0 Å². The molecule has 0 heterocycles. The summed E-state index contributed by atoms with van der Waals surface area (Å²) < 4.78 is 1.20. The maximum absolute atomic E-state index is 3.56. The average Bonchev–Trinajstić information content (AvgIpc) is 3.12. The smallest absolute Gasteiger partial charge is 0.0207 e. The van der Waals surface area contributed by atoms with Crippen LogP contribution in [-0.4, -0.2) is 19.1 Å². The molecule has 94 valence electrons. The van der Waals surface area contributed by atoms with Gasteiger partial charge < -0.3 is 10.6 Å². The van der Waals surface area contributed by atoms with Crippen molar-refractivity contribution in [2.24, 2.45) is 0 Å². The Morgan fingerprint density at radius 3 is 2.82 bits per heavy atom. The Balaban J connectivity index is 1.58. The van der Waals surface area contributed by atoms with Gasteiger partial charge in [0.2, 0.25) is 0 Å². The van der Waals surface area contributed by atoms with Crippen LogP contribution in [0.15, 0.2) is 22.7 Å². The lowest BCUT2D eigenvalue weighted by atomic mass is 10.1. The van der Waals surface area contributed by atoms with Crippen LogP contribution in [0.25, 0.3) is 0 Å². The van der Waals surface area contributed by atoms with Crippen molar-refractivity contribution >= 4 is 15.9 Å². The zero-order valence-electron chi connectivity index (χ0n) is 10.4. The predicted octanol–water partition coefficient (Wildman–Crippen LogP) is 2.99. The molecule has 0 radical (unpaired) electrons. The second-order valence-electron chi connectivity index (χ2n) is 4.84. The molecule has 2 nitrogen and oxygen atoms in total. The molecule has 2 N–H and O–H groups in total. The number of aryl methyl sites for hydroxylation is 1. The summed E-state index contributed by atoms with van der Waals surface area (Å²) in [5, 5.41) is 7.01. The second-order valence-corrected chi connectivity index (χ2v) is 5.70. The van der Waals surface area contributed by atoms with Crippen LogP contribution in [0.5, 0.6) is 0 Å². The number of halogens is 1. The average molecular weight is 297 g/mol. The molecule has 0 amide bonds. The van der Waals surface area contributed by atoms with Gasteiger partial charge in [-0.25, -0.2) is 0 Å². The summed E-state index contributed by atoms with van der Waals surface area (Å²) in [7, 11) is 0. The monoisotopic (exact) mass is 296 g/mol. The first-order valence-corrected chi connectivity index (χ1v) is 7.24. The summed E-state index contributed by atoms with van der Waals surface area (Å²) >= 11 is 3.56. The molecule has 1 aromatic carbocycles. The molecule has 1 aliphatic rings. The van der Waals surface area contributed by atoms with Gasteiger partial charge >= 0.3 is 0 Å². The minimum absolute atomic E-state index is 0.836. The summed E-state index contributed by atoms with van der Waals surface area (Å²) in [6, 6.07) is 7.39. The molecule has 0 saturated heterocycles. The van der Waals surface area contributed by atoms with E-state index in [0.29, 0.717) is 0 Å². The van der Waals surface area contributed by atoms with Crippen molar-refractivity contribution in [2.45, 2.75) is 38.8 Å². The van der Waals surface area contributed by atoms with Gasteiger partial charge in [-0.1, -0.05) is 28.1 Å². The van der Waals surface area contributed by atoms with Crippen LogP contribution in [0.3, 0.4) is 0 Å². The highest BCUT2D eigenvalue weighted by Crippen LogP contribution is 2.18. The van der Waals surface area contributed by atoms with Crippen LogP contribution >= 0.6 is 15.9 Å². The van der Waals surface area contributed by atoms with Gasteiger partial charge in [-0.15, -0.1) is 0 Å². The first kappa shape index (κ1) is 13.1. The molecule has 0 aliphatic heterocycles. The number of hydrogen-bond donors (Lipinski definition) is 2. The summed E-state index contributed by atoms with van der Waals surface area (Å²) in [5.41, 5.74) is 2.64. The molecular weight excluding hydrogens is 276 g/mol. The van der Waals surface area contributed by atoms with E-state index >= 15 is 0 Å². The standard InChI is InChI=1S/C14H21BrN2/c1-11-3-4-12(9-14(11)15)10-16-7-2-8-17-13-5-6-13/h3-4,9,13,16-17H,2,5-8,10H2,1H3. The molecule has 1 fully saturated rings. The Bertz CT molecular complexity index is 361. The summed E-state index contributed by atoms with van der Waals surface area (Å²) in [5.74, 6) is 0. The van der Waals surface area contributed by atoms with E-state index in [1.807, 2.05) is 0 Å². The van der Waals surface area contributed by atoms with Crippen molar-refractivity contribution < 1.29 is 0 Å². The SMILES string of the molecule is Cc1ccc(CNCCCNC2CC2)cc1Br. The molecule has 3 heteroatoms. The highest BCUT2D eigenvalue weighted by Gasteiger charge is 2.19. The lowest BCUT2D eigenvalue weighted by molar-refractivity contribution is 0.593. The van der Waals surface area contributed by atoms with Gasteiger partial charge in [-0.2, -0.15) is 0 Å². The van der Waals surface area contributed by atoms with E-state index < -0.39 is 0 Å². The van der Waals surface area contributed by atoms with Crippen LogP contribution in [0.4, 0.5) is 0 Å². The Morgan fingerprint density at radius 2 is 2.12 bits per heavy atom. The summed E-state index contributed by atoms with van der Waals surface area (Å²) in [6.45, 7) is 5.31. The fourth-order valence-corrected chi connectivity index (χ4v) is 2.21. The largest absolute Gasteiger partial charge is 0.314 e. The molecule has 1 aliphatic carbocycles. The van der Waals surface area contributed by atoms with Crippen LogP contribution in [0, 0.1) is 6.92 Å². The van der Waals surface area contributed by atoms with E-state index in [0.717, 1.165) is 25.7 Å². The quantitative estimate of drug-likeness (QED) is 0.756. The van der Waals surface area contributed by atoms with E-state index in [9.17, 15) is 0 Å². The van der Waals surface area contributed by atoms with Crippen LogP contribution in [0.1, 0.15) is 30.4 Å². The molecule has 1 aromatic rings. The van der Waals surface area contributed by atoms with Gasteiger partial charge in [0, 0.05) is 17.1 Å². The Labute approximate surface area is 112 Å². The molecule has 0 bridgehead atoms. The van der Waals surface area contributed by atoms with E-state index in [-0.39, 0.29) is 0 Å². The predicted molar refractivity (Wildman–Crippen MR) is 76.2 cm³/mol. The first-order chi connectivity index (χ1) is 8.25. The highest BCUT2D eigenvalue weighted by atomic mass is 79.9. The van der Waals surface area contributed by atoms with Gasteiger partial charge in [0.05, 0.1) is 0 Å². The minimum atomic E-state index is 0.836. The Hall–Kier alpha value is -0.380. The number of nitrogens with one attached hydrogen (secondary N) is 2. The fraction of sp³-hybridized carbons (Fsp3) is 0.571. The topological polar surface area (TPSA) is 24.1 Å². The molecule has 2 rings (SSSR count). The number of rotatable bonds is 7. The Kier molecular flexibility index (Phi) is 5.01. The second kappa shape index (κ2) is 6.53. The van der Waals surface area contributed by atoms with E-state index in [2.05, 4.69) is 51.7 Å². The molecule has 0 spiro atoms. The van der Waals surface area contributed by atoms with E-state index in [1.54, 1.807) is 0 Å². The lowest BCUT2D eigenvalue weighted by Crippen LogP contribution is -2.23. The van der Waals surface area contributed by atoms with Crippen LogP contribution in [0.2, 0.25) is 0 Å². The van der Waals surface area contributed by atoms with Crippen molar-refractivity contribution in [3.63, 3.8) is 0 Å². The molecule has 1 saturated carbocycles. The van der Waals surface area contributed by atoms with Crippen molar-refractivity contribution in [1.29, 1.82) is 0 Å². The zero-order valence-corrected chi connectivity index (χ0v) is 12.0. The van der Waals surface area contributed by atoms with Crippen molar-refractivity contribution in [1.82, 2.24) is 10.6 Å². The molecule has 0 unspecified atom stereocenters. The lowest BCUT2D eigenvalue weighted by Gasteiger charge is -2.07.